The fourth-order valence-corrected chi connectivity index (χ4v) is 0. The summed E-state index contributed by atoms with van der Waals surface area (Å²) in [6, 6.07) is 0. The second-order valence-corrected chi connectivity index (χ2v) is 0. The second-order valence-electron chi connectivity index (χ2n) is 0. The van der Waals surface area contributed by atoms with Gasteiger partial charge in [-0.25, -0.2) is 0 Å². The molecule has 0 atom stereocenters. The third-order valence-electron chi connectivity index (χ3n) is 0. The summed E-state index contributed by atoms with van der Waals surface area (Å²) in [6.07, 6.45) is 0. The second kappa shape index (κ2) is 105. The van der Waals surface area contributed by atoms with E-state index in [9.17, 15) is 0 Å². The van der Waals surface area contributed by atoms with Crippen LogP contribution in [0.2, 0.25) is 0 Å². The third kappa shape index (κ3) is 85.6. The summed E-state index contributed by atoms with van der Waals surface area (Å²) in [5.41, 5.74) is 0. The fraction of sp³-hybridized carbons (Fsp3) is 0. The standard InChI is InChI=1S/2Ni.5O.2Pm/q2*+2;5*-2;2*+3. The van der Waals surface area contributed by atoms with E-state index in [1.165, 1.54) is 0 Å². The molecule has 0 aromatic rings. The largest absolute Gasteiger partial charge is 3.00 e. The molecule has 0 aromatic carbocycles. The maximum Gasteiger partial charge on any atom is 3.00 e. The van der Waals surface area contributed by atoms with Crippen LogP contribution in [0, 0.1) is 80.8 Å². The molecular weight excluding hydrogens is 487 g/mol. The first kappa shape index (κ1) is 137. The van der Waals surface area contributed by atoms with Crippen molar-refractivity contribution in [3.63, 3.8) is 0 Å². The number of rotatable bonds is 0. The third-order valence-corrected chi connectivity index (χ3v) is 0. The average molecular weight is 487 g/mol. The summed E-state index contributed by atoms with van der Waals surface area (Å²) < 4.78 is 0. The van der Waals surface area contributed by atoms with Gasteiger partial charge in [0.25, 0.3) is 0 Å². The summed E-state index contributed by atoms with van der Waals surface area (Å²) in [7, 11) is 0. The Kier molecular flexibility index (Phi) is 1590. The summed E-state index contributed by atoms with van der Waals surface area (Å²) >= 11 is 0. The maximum absolute atomic E-state index is 0. The topological polar surface area (TPSA) is 142 Å². The molecular formula is Ni2O5Pm2. The van der Waals surface area contributed by atoms with Crippen molar-refractivity contribution in [2.45, 2.75) is 0 Å². The SMILES string of the molecule is [Ni+2].[Ni+2].[O-2].[O-2].[O-2].[O-2].[O-2].[Pm+3].[Pm+3]. The van der Waals surface area contributed by atoms with Crippen LogP contribution in [0.3, 0.4) is 0 Å². The molecule has 0 N–H and O–H groups in total. The zero-order valence-corrected chi connectivity index (χ0v) is 11.3. The minimum absolute atomic E-state index is 0. The molecule has 60 valence electrons. The van der Waals surface area contributed by atoms with Gasteiger partial charge in [0.1, 0.15) is 0 Å². The van der Waals surface area contributed by atoms with E-state index in [0.717, 1.165) is 0 Å². The van der Waals surface area contributed by atoms with Crippen molar-refractivity contribution in [2.75, 3.05) is 0 Å². The van der Waals surface area contributed by atoms with E-state index in [1.807, 2.05) is 0 Å². The van der Waals surface area contributed by atoms with Crippen molar-refractivity contribution in [1.29, 1.82) is 0 Å². The number of hydrogen-bond donors (Lipinski definition) is 0. The van der Waals surface area contributed by atoms with Crippen molar-refractivity contribution in [3.8, 4) is 0 Å². The predicted molar refractivity (Wildman–Crippen MR) is 3.43 cm³/mol. The Labute approximate surface area is 138 Å². The Bertz CT molecular complexity index is 12.9. The van der Waals surface area contributed by atoms with Crippen molar-refractivity contribution >= 4 is 0 Å². The Hall–Kier alpha value is 3.46. The van der Waals surface area contributed by atoms with Gasteiger partial charge in [-0.2, -0.15) is 0 Å². The van der Waals surface area contributed by atoms with Crippen LogP contribution < -0.4 is 0 Å². The van der Waals surface area contributed by atoms with Gasteiger partial charge in [0, 0.05) is 0 Å². The predicted octanol–water partition coefficient (Wildman–Crippen LogP) is -0.599. The van der Waals surface area contributed by atoms with Crippen molar-refractivity contribution in [2.24, 2.45) is 0 Å². The van der Waals surface area contributed by atoms with Crippen LogP contribution in [0.1, 0.15) is 0 Å². The van der Waals surface area contributed by atoms with Crippen LogP contribution >= 0.6 is 0 Å². The zero-order chi connectivity index (χ0) is 0. The van der Waals surface area contributed by atoms with Crippen LogP contribution in [-0.2, 0) is 60.4 Å². The molecule has 9 heteroatoms. The molecule has 0 radical (unpaired) electrons. The van der Waals surface area contributed by atoms with E-state index < -0.39 is 0 Å². The smallest absolute Gasteiger partial charge is 2.00 e. The van der Waals surface area contributed by atoms with Gasteiger partial charge in [-0.05, 0) is 0 Å². The van der Waals surface area contributed by atoms with E-state index in [1.54, 1.807) is 0 Å². The van der Waals surface area contributed by atoms with Gasteiger partial charge in [0.15, 0.2) is 0 Å². The van der Waals surface area contributed by atoms with E-state index >= 15 is 0 Å². The molecule has 5 nitrogen and oxygen atoms in total. The molecule has 0 saturated carbocycles. The van der Waals surface area contributed by atoms with E-state index in [4.69, 9.17) is 0 Å². The molecule has 0 aliphatic heterocycles. The molecule has 0 saturated heterocycles. The van der Waals surface area contributed by atoms with Crippen molar-refractivity contribution < 1.29 is 141 Å². The first-order chi connectivity index (χ1) is 0. The van der Waals surface area contributed by atoms with Crippen LogP contribution in [0.25, 0.3) is 0 Å². The molecule has 0 rings (SSSR count). The molecule has 0 spiro atoms. The monoisotopic (exact) mass is 486 g/mol. The normalized spacial score (nSPS) is 0. The Balaban J connectivity index is 0. The first-order valence-corrected chi connectivity index (χ1v) is 0. The quantitative estimate of drug-likeness (QED) is 0.403. The van der Waals surface area contributed by atoms with Gasteiger partial charge in [0.2, 0.25) is 0 Å². The van der Waals surface area contributed by atoms with Gasteiger partial charge < -0.3 is 27.4 Å². The van der Waals surface area contributed by atoms with Crippen LogP contribution in [-0.4, -0.2) is 0 Å². The first-order valence-electron chi connectivity index (χ1n) is 0. The van der Waals surface area contributed by atoms with E-state index in [2.05, 4.69) is 0 Å². The molecule has 9 heavy (non-hydrogen) atoms. The number of hydrogen-bond acceptors (Lipinski definition) is 0. The van der Waals surface area contributed by atoms with Gasteiger partial charge in [-0.15, -0.1) is 0 Å². The summed E-state index contributed by atoms with van der Waals surface area (Å²) in [5, 5.41) is 0. The van der Waals surface area contributed by atoms with Gasteiger partial charge >= 0.3 is 114 Å². The van der Waals surface area contributed by atoms with Crippen molar-refractivity contribution in [3.05, 3.63) is 0 Å². The minimum Gasteiger partial charge on any atom is -2.00 e. The summed E-state index contributed by atoms with van der Waals surface area (Å²) in [5.74, 6) is 0. The minimum atomic E-state index is 0. The van der Waals surface area contributed by atoms with Gasteiger partial charge in [-0.1, -0.05) is 0 Å². The molecule has 0 aliphatic carbocycles. The fourth-order valence-electron chi connectivity index (χ4n) is 0. The van der Waals surface area contributed by atoms with Gasteiger partial charge in [-0.3, -0.25) is 0 Å². The molecule has 0 fully saturated rings. The Morgan fingerprint density at radius 3 is 0.333 bits per heavy atom. The molecule has 0 heterocycles. The van der Waals surface area contributed by atoms with Crippen LogP contribution in [0.5, 0.6) is 0 Å². The zero-order valence-electron chi connectivity index (χ0n) is 3.57. The molecule has 0 amide bonds. The molecule has 0 aromatic heterocycles. The Morgan fingerprint density at radius 1 is 0.333 bits per heavy atom. The van der Waals surface area contributed by atoms with E-state index in [-0.39, 0.29) is 141 Å². The molecule has 0 unspecified atom stereocenters. The summed E-state index contributed by atoms with van der Waals surface area (Å²) in [4.78, 5) is 0. The Morgan fingerprint density at radius 2 is 0.333 bits per heavy atom. The molecule has 0 aliphatic rings. The van der Waals surface area contributed by atoms with Crippen molar-refractivity contribution in [1.82, 2.24) is 0 Å². The van der Waals surface area contributed by atoms with E-state index in [0.29, 0.717) is 0 Å². The average Bonchev–Trinajstić information content (AvgIpc) is 0. The van der Waals surface area contributed by atoms with Crippen LogP contribution in [0.15, 0.2) is 0 Å². The van der Waals surface area contributed by atoms with Gasteiger partial charge in [0.05, 0.1) is 0 Å². The maximum atomic E-state index is 0. The molecule has 0 bridgehead atoms. The summed E-state index contributed by atoms with van der Waals surface area (Å²) in [6.45, 7) is 0. The van der Waals surface area contributed by atoms with Crippen LogP contribution in [0.4, 0.5) is 0 Å².